The second kappa shape index (κ2) is 5.94. The Kier molecular flexibility index (Phi) is 3.63. The molecule has 0 aliphatic carbocycles. The maximum Gasteiger partial charge on any atom is 0.367 e. The van der Waals surface area contributed by atoms with Gasteiger partial charge in [0, 0.05) is 10.6 Å². The Hall–Kier alpha value is -2.92. The molecule has 5 nitrogen and oxygen atoms in total. The van der Waals surface area contributed by atoms with Crippen LogP contribution in [-0.4, -0.2) is 19.4 Å². The van der Waals surface area contributed by atoms with E-state index in [-0.39, 0.29) is 5.69 Å². The summed E-state index contributed by atoms with van der Waals surface area (Å²) in [6.07, 6.45) is 0. The van der Waals surface area contributed by atoms with Crippen LogP contribution in [0.5, 0.6) is 0 Å². The van der Waals surface area contributed by atoms with Gasteiger partial charge in [0.25, 0.3) is 0 Å². The number of hydrogen-bond acceptors (Lipinski definition) is 3. The van der Waals surface area contributed by atoms with Crippen LogP contribution >= 0.6 is 11.6 Å². The summed E-state index contributed by atoms with van der Waals surface area (Å²) in [4.78, 5) is 12.6. The maximum absolute atomic E-state index is 12.6. The van der Waals surface area contributed by atoms with E-state index in [1.54, 1.807) is 18.2 Å². The molecule has 4 aromatic rings. The SMILES string of the molecule is O=c1n(Cc2ccc(Cl)cc2)nc2ccc(-c3ccccc3)nn12. The molecule has 6 heteroatoms. The summed E-state index contributed by atoms with van der Waals surface area (Å²) in [6.45, 7) is 0.375. The van der Waals surface area contributed by atoms with E-state index in [9.17, 15) is 4.79 Å². The van der Waals surface area contributed by atoms with Crippen LogP contribution in [0.25, 0.3) is 16.9 Å². The van der Waals surface area contributed by atoms with Gasteiger partial charge < -0.3 is 0 Å². The molecule has 24 heavy (non-hydrogen) atoms. The van der Waals surface area contributed by atoms with Crippen molar-refractivity contribution >= 4 is 17.2 Å². The van der Waals surface area contributed by atoms with Gasteiger partial charge >= 0.3 is 5.69 Å². The summed E-state index contributed by atoms with van der Waals surface area (Å²) in [5, 5.41) is 9.42. The van der Waals surface area contributed by atoms with Gasteiger partial charge in [0.15, 0.2) is 5.65 Å². The van der Waals surface area contributed by atoms with Gasteiger partial charge in [-0.05, 0) is 29.8 Å². The molecule has 0 bridgehead atoms. The molecule has 0 aliphatic rings. The zero-order chi connectivity index (χ0) is 16.5. The first-order chi connectivity index (χ1) is 11.7. The molecule has 2 aromatic carbocycles. The summed E-state index contributed by atoms with van der Waals surface area (Å²) in [6, 6.07) is 20.7. The molecule has 0 N–H and O–H groups in total. The highest BCUT2D eigenvalue weighted by molar-refractivity contribution is 6.30. The molecule has 0 saturated carbocycles. The molecule has 118 valence electrons. The fourth-order valence-corrected chi connectivity index (χ4v) is 2.66. The fourth-order valence-electron chi connectivity index (χ4n) is 2.54. The van der Waals surface area contributed by atoms with Crippen molar-refractivity contribution in [3.8, 4) is 11.3 Å². The van der Waals surface area contributed by atoms with Gasteiger partial charge in [0.05, 0.1) is 12.2 Å². The Balaban J connectivity index is 1.75. The summed E-state index contributed by atoms with van der Waals surface area (Å²) in [5.41, 5.74) is 2.90. The largest absolute Gasteiger partial charge is 0.367 e. The van der Waals surface area contributed by atoms with Gasteiger partial charge in [0.2, 0.25) is 0 Å². The molecule has 0 fully saturated rings. The Morgan fingerprint density at radius 3 is 2.38 bits per heavy atom. The van der Waals surface area contributed by atoms with Crippen molar-refractivity contribution in [1.82, 2.24) is 19.4 Å². The lowest BCUT2D eigenvalue weighted by atomic mass is 10.1. The predicted molar refractivity (Wildman–Crippen MR) is 93.2 cm³/mol. The number of benzene rings is 2. The van der Waals surface area contributed by atoms with Gasteiger partial charge in [-0.2, -0.15) is 9.61 Å². The lowest BCUT2D eigenvalue weighted by Gasteiger charge is -2.00. The highest BCUT2D eigenvalue weighted by Gasteiger charge is 2.10. The standard InChI is InChI=1S/C18H13ClN4O/c19-15-8-6-13(7-9-15)12-22-18(24)23-17(21-22)11-10-16(20-23)14-4-2-1-3-5-14/h1-11H,12H2. The number of rotatable bonds is 3. The van der Waals surface area contributed by atoms with Crippen LogP contribution < -0.4 is 5.69 Å². The van der Waals surface area contributed by atoms with E-state index >= 15 is 0 Å². The minimum absolute atomic E-state index is 0.266. The van der Waals surface area contributed by atoms with Crippen molar-refractivity contribution in [2.75, 3.05) is 0 Å². The zero-order valence-electron chi connectivity index (χ0n) is 12.6. The average molecular weight is 337 g/mol. The van der Waals surface area contributed by atoms with E-state index in [0.29, 0.717) is 17.2 Å². The Bertz CT molecular complexity index is 1050. The molecule has 2 aromatic heterocycles. The van der Waals surface area contributed by atoms with Crippen LogP contribution in [0.4, 0.5) is 0 Å². The highest BCUT2D eigenvalue weighted by atomic mass is 35.5. The molecule has 0 aliphatic heterocycles. The van der Waals surface area contributed by atoms with E-state index in [1.165, 1.54) is 9.20 Å². The van der Waals surface area contributed by atoms with Crippen molar-refractivity contribution in [2.45, 2.75) is 6.54 Å². The first kappa shape index (κ1) is 14.7. The van der Waals surface area contributed by atoms with E-state index < -0.39 is 0 Å². The third-order valence-corrected chi connectivity index (χ3v) is 4.01. The third kappa shape index (κ3) is 2.70. The quantitative estimate of drug-likeness (QED) is 0.577. The monoisotopic (exact) mass is 336 g/mol. The van der Waals surface area contributed by atoms with E-state index in [4.69, 9.17) is 11.6 Å². The number of aromatic nitrogens is 4. The average Bonchev–Trinajstić information content (AvgIpc) is 2.93. The zero-order valence-corrected chi connectivity index (χ0v) is 13.4. The van der Waals surface area contributed by atoms with Gasteiger partial charge in [-0.1, -0.05) is 54.1 Å². The van der Waals surface area contributed by atoms with Crippen LogP contribution in [0.3, 0.4) is 0 Å². The lowest BCUT2D eigenvalue weighted by molar-refractivity contribution is 0.650. The normalized spacial score (nSPS) is 11.0. The molecule has 2 heterocycles. The molecule has 0 saturated heterocycles. The van der Waals surface area contributed by atoms with Crippen molar-refractivity contribution < 1.29 is 0 Å². The molecule has 0 unspecified atom stereocenters. The summed E-state index contributed by atoms with van der Waals surface area (Å²) in [7, 11) is 0. The van der Waals surface area contributed by atoms with Gasteiger partial charge in [-0.15, -0.1) is 5.10 Å². The van der Waals surface area contributed by atoms with E-state index in [0.717, 1.165) is 16.8 Å². The van der Waals surface area contributed by atoms with Crippen molar-refractivity contribution in [2.24, 2.45) is 0 Å². The van der Waals surface area contributed by atoms with Crippen LogP contribution in [0.2, 0.25) is 5.02 Å². The molecule has 4 rings (SSSR count). The van der Waals surface area contributed by atoms with Crippen LogP contribution in [0, 0.1) is 0 Å². The van der Waals surface area contributed by atoms with Crippen LogP contribution in [0.1, 0.15) is 5.56 Å². The van der Waals surface area contributed by atoms with Crippen LogP contribution in [-0.2, 0) is 6.54 Å². The molecular weight excluding hydrogens is 324 g/mol. The first-order valence-corrected chi connectivity index (χ1v) is 7.85. The molecule has 0 spiro atoms. The topological polar surface area (TPSA) is 52.2 Å². The fraction of sp³-hybridized carbons (Fsp3) is 0.0556. The Morgan fingerprint density at radius 2 is 1.62 bits per heavy atom. The molecule has 0 amide bonds. The van der Waals surface area contributed by atoms with E-state index in [2.05, 4.69) is 10.2 Å². The minimum atomic E-state index is -0.266. The number of fused-ring (bicyclic) bond motifs is 1. The number of hydrogen-bond donors (Lipinski definition) is 0. The highest BCUT2D eigenvalue weighted by Crippen LogP contribution is 2.16. The van der Waals surface area contributed by atoms with Crippen LogP contribution in [0.15, 0.2) is 71.5 Å². The number of nitrogens with zero attached hydrogens (tertiary/aromatic N) is 4. The first-order valence-electron chi connectivity index (χ1n) is 7.47. The third-order valence-electron chi connectivity index (χ3n) is 3.76. The van der Waals surface area contributed by atoms with Crippen molar-refractivity contribution in [1.29, 1.82) is 0 Å². The second-order valence-electron chi connectivity index (χ2n) is 5.42. The second-order valence-corrected chi connectivity index (χ2v) is 5.86. The van der Waals surface area contributed by atoms with Gasteiger partial charge in [-0.3, -0.25) is 0 Å². The summed E-state index contributed by atoms with van der Waals surface area (Å²) < 4.78 is 2.73. The van der Waals surface area contributed by atoms with Gasteiger partial charge in [0.1, 0.15) is 0 Å². The molecular formula is C18H13ClN4O. The lowest BCUT2D eigenvalue weighted by Crippen LogP contribution is -2.23. The predicted octanol–water partition coefficient (Wildman–Crippen LogP) is 3.26. The number of halogens is 1. The Morgan fingerprint density at radius 1 is 0.875 bits per heavy atom. The van der Waals surface area contributed by atoms with Crippen molar-refractivity contribution in [3.63, 3.8) is 0 Å². The summed E-state index contributed by atoms with van der Waals surface area (Å²) in [5.74, 6) is 0. The molecule has 0 radical (unpaired) electrons. The molecule has 0 atom stereocenters. The summed E-state index contributed by atoms with van der Waals surface area (Å²) >= 11 is 5.89. The Labute approximate surface area is 142 Å². The van der Waals surface area contributed by atoms with E-state index in [1.807, 2.05) is 48.5 Å². The van der Waals surface area contributed by atoms with Gasteiger partial charge in [-0.25, -0.2) is 9.48 Å². The maximum atomic E-state index is 12.6. The smallest absolute Gasteiger partial charge is 0.244 e. The minimum Gasteiger partial charge on any atom is -0.244 e. The van der Waals surface area contributed by atoms with Crippen molar-refractivity contribution in [3.05, 3.63) is 87.8 Å².